The van der Waals surface area contributed by atoms with Crippen LogP contribution in [0.25, 0.3) is 0 Å². The smallest absolute Gasteiger partial charge is 0.242 e. The van der Waals surface area contributed by atoms with Crippen molar-refractivity contribution in [3.63, 3.8) is 0 Å². The van der Waals surface area contributed by atoms with Crippen LogP contribution < -0.4 is 5.32 Å². The summed E-state index contributed by atoms with van der Waals surface area (Å²) in [5.74, 6) is 0.878. The number of rotatable bonds is 3. The van der Waals surface area contributed by atoms with Gasteiger partial charge in [0.1, 0.15) is 0 Å². The average molecular weight is 331 g/mol. The van der Waals surface area contributed by atoms with Gasteiger partial charge in [0.2, 0.25) is 5.91 Å². The van der Waals surface area contributed by atoms with Gasteiger partial charge in [-0.2, -0.15) is 0 Å². The highest BCUT2D eigenvalue weighted by Crippen LogP contribution is 2.24. The number of guanidine groups is 1. The van der Waals surface area contributed by atoms with Crippen molar-refractivity contribution in [2.45, 2.75) is 52.7 Å². The predicted molar refractivity (Wildman–Crippen MR) is 96.8 cm³/mol. The van der Waals surface area contributed by atoms with E-state index >= 15 is 0 Å². The molecular formula is C18H29N5O. The van der Waals surface area contributed by atoms with Crippen LogP contribution in [0.5, 0.6) is 0 Å². The van der Waals surface area contributed by atoms with Crippen molar-refractivity contribution in [2.24, 2.45) is 4.99 Å². The van der Waals surface area contributed by atoms with Gasteiger partial charge in [-0.3, -0.25) is 14.8 Å². The molecule has 0 unspecified atom stereocenters. The number of carbonyl (C=O) groups excluding carboxylic acids is 1. The number of nitrogens with zero attached hydrogens (tertiary/aromatic N) is 4. The molecule has 1 aliphatic heterocycles. The van der Waals surface area contributed by atoms with Crippen LogP contribution in [0.1, 0.15) is 39.0 Å². The maximum atomic E-state index is 12.6. The largest absolute Gasteiger partial charge is 0.351 e. The lowest BCUT2D eigenvalue weighted by molar-refractivity contribution is -0.145. The first-order valence-corrected chi connectivity index (χ1v) is 8.44. The molecule has 6 nitrogen and oxygen atoms in total. The first-order valence-electron chi connectivity index (χ1n) is 8.44. The average Bonchev–Trinajstić information content (AvgIpc) is 2.47. The van der Waals surface area contributed by atoms with Gasteiger partial charge >= 0.3 is 0 Å². The van der Waals surface area contributed by atoms with Gasteiger partial charge in [0, 0.05) is 25.8 Å². The topological polar surface area (TPSA) is 60.8 Å². The number of pyridine rings is 1. The second-order valence-electron chi connectivity index (χ2n) is 7.19. The molecule has 1 aromatic rings. The fraction of sp³-hybridized carbons (Fsp3) is 0.611. The maximum absolute atomic E-state index is 12.6. The normalized spacial score (nSPS) is 18.3. The molecule has 6 heteroatoms. The van der Waals surface area contributed by atoms with Gasteiger partial charge in [-0.15, -0.1) is 0 Å². The summed E-state index contributed by atoms with van der Waals surface area (Å²) in [6, 6.07) is 4.17. The Bertz CT molecular complexity index is 624. The van der Waals surface area contributed by atoms with E-state index in [-0.39, 0.29) is 17.5 Å². The first kappa shape index (κ1) is 18.2. The molecule has 1 fully saturated rings. The highest BCUT2D eigenvalue weighted by molar-refractivity contribution is 5.88. The van der Waals surface area contributed by atoms with E-state index in [0.717, 1.165) is 23.8 Å². The molecule has 24 heavy (non-hydrogen) atoms. The molecule has 2 rings (SSSR count). The standard InChI is InChI=1S/C18H29N5O/c1-13(2)23-16(24)11-22(12-18(23,4)5)17(19-6)21-10-15-14(3)8-7-9-20-15/h7-9,13H,10-12H2,1-6H3,(H,19,21). The van der Waals surface area contributed by atoms with Gasteiger partial charge in [-0.1, -0.05) is 6.07 Å². The minimum atomic E-state index is -0.234. The highest BCUT2D eigenvalue weighted by atomic mass is 16.2. The molecule has 1 saturated heterocycles. The van der Waals surface area contributed by atoms with E-state index in [0.29, 0.717) is 13.1 Å². The van der Waals surface area contributed by atoms with E-state index in [9.17, 15) is 4.79 Å². The fourth-order valence-electron chi connectivity index (χ4n) is 3.51. The Morgan fingerprint density at radius 1 is 1.46 bits per heavy atom. The van der Waals surface area contributed by atoms with E-state index < -0.39 is 0 Å². The minimum absolute atomic E-state index is 0.137. The van der Waals surface area contributed by atoms with Gasteiger partial charge in [-0.05, 0) is 46.2 Å². The monoisotopic (exact) mass is 331 g/mol. The van der Waals surface area contributed by atoms with Crippen LogP contribution in [-0.2, 0) is 11.3 Å². The second-order valence-corrected chi connectivity index (χ2v) is 7.19. The summed E-state index contributed by atoms with van der Waals surface area (Å²) in [7, 11) is 1.75. The molecule has 0 spiro atoms. The molecular weight excluding hydrogens is 302 g/mol. The SMILES string of the molecule is CN=C(NCc1ncccc1C)N1CC(=O)N(C(C)C)C(C)(C)C1. The van der Waals surface area contributed by atoms with Gasteiger partial charge in [-0.25, -0.2) is 0 Å². The van der Waals surface area contributed by atoms with Gasteiger partial charge in [0.25, 0.3) is 0 Å². The molecule has 0 aliphatic carbocycles. The Kier molecular flexibility index (Phi) is 5.47. The van der Waals surface area contributed by atoms with Crippen molar-refractivity contribution in [3.05, 3.63) is 29.6 Å². The summed E-state index contributed by atoms with van der Waals surface area (Å²) in [6.07, 6.45) is 1.79. The molecule has 0 radical (unpaired) electrons. The van der Waals surface area contributed by atoms with Crippen molar-refractivity contribution < 1.29 is 4.79 Å². The van der Waals surface area contributed by atoms with E-state index in [1.54, 1.807) is 13.2 Å². The lowest BCUT2D eigenvalue weighted by atomic mass is 9.96. The number of amides is 1. The highest BCUT2D eigenvalue weighted by Gasteiger charge is 2.40. The summed E-state index contributed by atoms with van der Waals surface area (Å²) in [4.78, 5) is 25.4. The third-order valence-electron chi connectivity index (χ3n) is 4.38. The van der Waals surface area contributed by atoms with Crippen molar-refractivity contribution >= 4 is 11.9 Å². The number of aliphatic imine (C=N–C) groups is 1. The second kappa shape index (κ2) is 7.20. The van der Waals surface area contributed by atoms with Crippen LogP contribution >= 0.6 is 0 Å². The van der Waals surface area contributed by atoms with E-state index in [2.05, 4.69) is 43.0 Å². The third kappa shape index (κ3) is 3.86. The van der Waals surface area contributed by atoms with Gasteiger partial charge in [0.15, 0.2) is 5.96 Å². The van der Waals surface area contributed by atoms with Gasteiger partial charge in [0.05, 0.1) is 24.3 Å². The molecule has 0 saturated carbocycles. The Balaban J connectivity index is 2.09. The lowest BCUT2D eigenvalue weighted by Crippen LogP contribution is -2.66. The molecule has 1 aliphatic rings. The van der Waals surface area contributed by atoms with Gasteiger partial charge < -0.3 is 15.1 Å². The number of aryl methyl sites for hydroxylation is 1. The molecule has 0 bridgehead atoms. The molecule has 1 N–H and O–H groups in total. The Morgan fingerprint density at radius 2 is 2.17 bits per heavy atom. The zero-order valence-electron chi connectivity index (χ0n) is 15.6. The van der Waals surface area contributed by atoms with Crippen LogP contribution in [-0.4, -0.2) is 58.4 Å². The fourth-order valence-corrected chi connectivity index (χ4v) is 3.51. The van der Waals surface area contributed by atoms with Crippen LogP contribution in [0.2, 0.25) is 0 Å². The number of hydrogen-bond donors (Lipinski definition) is 1. The number of nitrogens with one attached hydrogen (secondary N) is 1. The molecule has 0 aromatic carbocycles. The van der Waals surface area contributed by atoms with Crippen LogP contribution in [0, 0.1) is 6.92 Å². The Hall–Kier alpha value is -2.11. The van der Waals surface area contributed by atoms with Crippen molar-refractivity contribution in [1.82, 2.24) is 20.1 Å². The van der Waals surface area contributed by atoms with E-state index in [4.69, 9.17) is 0 Å². The third-order valence-corrected chi connectivity index (χ3v) is 4.38. The zero-order chi connectivity index (χ0) is 17.9. The first-order chi connectivity index (χ1) is 11.3. The Morgan fingerprint density at radius 3 is 2.71 bits per heavy atom. The summed E-state index contributed by atoms with van der Waals surface area (Å²) in [5, 5.41) is 3.34. The van der Waals surface area contributed by atoms with E-state index in [1.165, 1.54) is 0 Å². The predicted octanol–water partition coefficient (Wildman–Crippen LogP) is 1.80. The molecule has 1 amide bonds. The summed E-state index contributed by atoms with van der Waals surface area (Å²) in [6.45, 7) is 12.1. The minimum Gasteiger partial charge on any atom is -0.351 e. The van der Waals surface area contributed by atoms with Crippen LogP contribution in [0.3, 0.4) is 0 Å². The number of carbonyl (C=O) groups is 1. The van der Waals surface area contributed by atoms with Crippen LogP contribution in [0.4, 0.5) is 0 Å². The van der Waals surface area contributed by atoms with Crippen LogP contribution in [0.15, 0.2) is 23.3 Å². The molecule has 132 valence electrons. The van der Waals surface area contributed by atoms with Crippen molar-refractivity contribution in [2.75, 3.05) is 20.1 Å². The Labute approximate surface area is 145 Å². The number of piperazine rings is 1. The molecule has 1 aromatic heterocycles. The molecule has 2 heterocycles. The summed E-state index contributed by atoms with van der Waals surface area (Å²) in [5.41, 5.74) is 1.90. The zero-order valence-corrected chi connectivity index (χ0v) is 15.6. The number of aromatic nitrogens is 1. The summed E-state index contributed by atoms with van der Waals surface area (Å²) < 4.78 is 0. The lowest BCUT2D eigenvalue weighted by Gasteiger charge is -2.49. The summed E-state index contributed by atoms with van der Waals surface area (Å²) >= 11 is 0. The maximum Gasteiger partial charge on any atom is 0.242 e. The molecule has 0 atom stereocenters. The quantitative estimate of drug-likeness (QED) is 0.678. The van der Waals surface area contributed by atoms with Crippen molar-refractivity contribution in [3.8, 4) is 0 Å². The van der Waals surface area contributed by atoms with E-state index in [1.807, 2.05) is 28.9 Å². The van der Waals surface area contributed by atoms with Crippen molar-refractivity contribution in [1.29, 1.82) is 0 Å². The number of hydrogen-bond acceptors (Lipinski definition) is 3.